The first-order valence-corrected chi connectivity index (χ1v) is 13.8. The highest BCUT2D eigenvalue weighted by atomic mass is 16.6. The van der Waals surface area contributed by atoms with Gasteiger partial charge in [0.15, 0.2) is 0 Å². The predicted octanol–water partition coefficient (Wildman–Crippen LogP) is 2.22. The summed E-state index contributed by atoms with van der Waals surface area (Å²) in [5, 5.41) is 2.36. The normalized spacial score (nSPS) is 23.5. The first-order chi connectivity index (χ1) is 18.1. The molecule has 10 heteroatoms. The van der Waals surface area contributed by atoms with Gasteiger partial charge in [-0.25, -0.2) is 4.79 Å². The molecular formula is C28H39N5O5. The molecule has 1 aromatic carbocycles. The number of imide groups is 1. The molecule has 1 aromatic rings. The van der Waals surface area contributed by atoms with Gasteiger partial charge in [-0.3, -0.25) is 24.6 Å². The number of amides is 4. The van der Waals surface area contributed by atoms with Gasteiger partial charge in [-0.2, -0.15) is 0 Å². The molecule has 38 heavy (non-hydrogen) atoms. The zero-order valence-corrected chi connectivity index (χ0v) is 22.7. The Morgan fingerprint density at radius 3 is 2.37 bits per heavy atom. The van der Waals surface area contributed by atoms with Gasteiger partial charge in [-0.05, 0) is 63.6 Å². The molecule has 10 nitrogen and oxygen atoms in total. The van der Waals surface area contributed by atoms with Crippen LogP contribution in [0.2, 0.25) is 0 Å². The molecule has 0 aliphatic carbocycles. The quantitative estimate of drug-likeness (QED) is 0.602. The number of piperazine rings is 1. The number of anilines is 1. The fourth-order valence-corrected chi connectivity index (χ4v) is 5.92. The van der Waals surface area contributed by atoms with E-state index in [4.69, 9.17) is 4.74 Å². The minimum absolute atomic E-state index is 0.128. The summed E-state index contributed by atoms with van der Waals surface area (Å²) in [7, 11) is 0. The summed E-state index contributed by atoms with van der Waals surface area (Å²) in [6.45, 7) is 12.1. The molecule has 3 saturated heterocycles. The fraction of sp³-hybridized carbons (Fsp3) is 0.643. The number of carbonyl (C=O) groups is 4. The summed E-state index contributed by atoms with van der Waals surface area (Å²) >= 11 is 0. The minimum atomic E-state index is -0.585. The Morgan fingerprint density at radius 1 is 1.00 bits per heavy atom. The van der Waals surface area contributed by atoms with E-state index in [9.17, 15) is 19.2 Å². The maximum atomic E-state index is 13.2. The number of nitrogens with one attached hydrogen (secondary N) is 1. The highest BCUT2D eigenvalue weighted by molar-refractivity contribution is 6.05. The molecule has 0 bridgehead atoms. The zero-order chi connectivity index (χ0) is 27.0. The molecule has 1 N–H and O–H groups in total. The molecule has 0 radical (unpaired) electrons. The predicted molar refractivity (Wildman–Crippen MR) is 142 cm³/mol. The standard InChI is InChI=1S/C28H39N5O5/c1-28(2,3)38-27(37)32-14-12-30(13-15-32)17-19-8-10-31(11-9-19)21-5-4-20-18-33(26(36)22(20)16-21)23-6-7-24(34)29-25(23)35/h4-5,16,19,23H,6-15,17-18H2,1-3H3,(H,29,34,35). The zero-order valence-electron chi connectivity index (χ0n) is 22.7. The lowest BCUT2D eigenvalue weighted by Gasteiger charge is -2.39. The minimum Gasteiger partial charge on any atom is -0.444 e. The molecule has 0 aromatic heterocycles. The van der Waals surface area contributed by atoms with Crippen molar-refractivity contribution in [1.82, 2.24) is 20.0 Å². The van der Waals surface area contributed by atoms with Crippen LogP contribution in [-0.4, -0.2) is 96.0 Å². The average Bonchev–Trinajstić information content (AvgIpc) is 3.19. The van der Waals surface area contributed by atoms with E-state index in [1.807, 2.05) is 32.9 Å². The second-order valence-corrected chi connectivity index (χ2v) is 11.9. The monoisotopic (exact) mass is 525 g/mol. The number of nitrogens with zero attached hydrogens (tertiary/aromatic N) is 4. The van der Waals surface area contributed by atoms with Crippen LogP contribution in [0.4, 0.5) is 10.5 Å². The summed E-state index contributed by atoms with van der Waals surface area (Å²) in [5.74, 6) is -0.171. The average molecular weight is 526 g/mol. The van der Waals surface area contributed by atoms with E-state index in [0.717, 1.165) is 56.8 Å². The van der Waals surface area contributed by atoms with E-state index < -0.39 is 11.6 Å². The van der Waals surface area contributed by atoms with Crippen LogP contribution in [-0.2, 0) is 20.9 Å². The van der Waals surface area contributed by atoms with Crippen LogP contribution in [0.1, 0.15) is 62.4 Å². The summed E-state index contributed by atoms with van der Waals surface area (Å²) in [6.07, 6.45) is 2.58. The van der Waals surface area contributed by atoms with E-state index in [-0.39, 0.29) is 30.2 Å². The van der Waals surface area contributed by atoms with Crippen molar-refractivity contribution in [2.75, 3.05) is 50.7 Å². The molecule has 1 atom stereocenters. The van der Waals surface area contributed by atoms with Gasteiger partial charge in [-0.15, -0.1) is 0 Å². The number of ether oxygens (including phenoxy) is 1. The molecule has 0 saturated carbocycles. The molecule has 5 rings (SSSR count). The molecule has 206 valence electrons. The van der Waals surface area contributed by atoms with E-state index in [1.165, 1.54) is 0 Å². The van der Waals surface area contributed by atoms with Gasteiger partial charge in [0.1, 0.15) is 11.6 Å². The van der Waals surface area contributed by atoms with Crippen molar-refractivity contribution < 1.29 is 23.9 Å². The van der Waals surface area contributed by atoms with E-state index in [0.29, 0.717) is 37.5 Å². The van der Waals surface area contributed by atoms with Crippen LogP contribution in [0, 0.1) is 5.92 Å². The van der Waals surface area contributed by atoms with E-state index in [1.54, 1.807) is 9.80 Å². The Hall–Kier alpha value is -3.14. The number of carbonyl (C=O) groups excluding carboxylic acids is 4. The van der Waals surface area contributed by atoms with Crippen LogP contribution >= 0.6 is 0 Å². The molecular weight excluding hydrogens is 486 g/mol. The van der Waals surface area contributed by atoms with Gasteiger partial charge in [0.05, 0.1) is 0 Å². The van der Waals surface area contributed by atoms with Crippen molar-refractivity contribution in [1.29, 1.82) is 0 Å². The van der Waals surface area contributed by atoms with Crippen LogP contribution < -0.4 is 10.2 Å². The number of rotatable bonds is 4. The van der Waals surface area contributed by atoms with Gasteiger partial charge in [-0.1, -0.05) is 6.07 Å². The van der Waals surface area contributed by atoms with Crippen LogP contribution in [0.25, 0.3) is 0 Å². The molecule has 0 spiro atoms. The van der Waals surface area contributed by atoms with E-state index >= 15 is 0 Å². The lowest BCUT2D eigenvalue weighted by Crippen LogP contribution is -2.52. The number of benzene rings is 1. The highest BCUT2D eigenvalue weighted by Crippen LogP contribution is 2.32. The molecule has 4 aliphatic rings. The van der Waals surface area contributed by atoms with Crippen molar-refractivity contribution >= 4 is 29.5 Å². The maximum Gasteiger partial charge on any atom is 0.410 e. The third-order valence-electron chi connectivity index (χ3n) is 8.03. The summed E-state index contributed by atoms with van der Waals surface area (Å²) in [4.78, 5) is 57.5. The summed E-state index contributed by atoms with van der Waals surface area (Å²) in [6, 6.07) is 5.47. The lowest BCUT2D eigenvalue weighted by atomic mass is 9.95. The number of piperidine rings is 2. The van der Waals surface area contributed by atoms with E-state index in [2.05, 4.69) is 21.2 Å². The topological polar surface area (TPSA) is 102 Å². The SMILES string of the molecule is CC(C)(C)OC(=O)N1CCN(CC2CCN(c3ccc4c(c3)C(=O)N(C3CCC(=O)NC3=O)C4)CC2)CC1. The molecule has 4 amide bonds. The Labute approximate surface area is 224 Å². The highest BCUT2D eigenvalue weighted by Gasteiger charge is 2.39. The number of fused-ring (bicyclic) bond motifs is 1. The molecule has 4 aliphatic heterocycles. The van der Waals surface area contributed by atoms with Gasteiger partial charge >= 0.3 is 6.09 Å². The van der Waals surface area contributed by atoms with Crippen molar-refractivity contribution in [3.63, 3.8) is 0 Å². The second kappa shape index (κ2) is 10.6. The third kappa shape index (κ3) is 5.80. The Balaban J connectivity index is 1.10. The third-order valence-corrected chi connectivity index (χ3v) is 8.03. The first-order valence-electron chi connectivity index (χ1n) is 13.8. The fourth-order valence-electron chi connectivity index (χ4n) is 5.92. The van der Waals surface area contributed by atoms with Crippen molar-refractivity contribution in [2.24, 2.45) is 5.92 Å². The molecule has 1 unspecified atom stereocenters. The Bertz CT molecular complexity index is 1100. The van der Waals surface area contributed by atoms with Gasteiger partial charge in [0, 0.05) is 70.0 Å². The lowest BCUT2D eigenvalue weighted by molar-refractivity contribution is -0.136. The second-order valence-electron chi connectivity index (χ2n) is 11.9. The molecule has 4 heterocycles. The number of hydrogen-bond acceptors (Lipinski definition) is 7. The Kier molecular flexibility index (Phi) is 7.35. The number of hydrogen-bond donors (Lipinski definition) is 1. The van der Waals surface area contributed by atoms with Gasteiger partial charge < -0.3 is 19.4 Å². The van der Waals surface area contributed by atoms with Crippen molar-refractivity contribution in [2.45, 2.75) is 64.6 Å². The van der Waals surface area contributed by atoms with Crippen molar-refractivity contribution in [3.8, 4) is 0 Å². The van der Waals surface area contributed by atoms with Crippen LogP contribution in [0.15, 0.2) is 18.2 Å². The smallest absolute Gasteiger partial charge is 0.410 e. The van der Waals surface area contributed by atoms with Gasteiger partial charge in [0.2, 0.25) is 11.8 Å². The van der Waals surface area contributed by atoms with Crippen molar-refractivity contribution in [3.05, 3.63) is 29.3 Å². The Morgan fingerprint density at radius 2 is 1.71 bits per heavy atom. The largest absolute Gasteiger partial charge is 0.444 e. The first kappa shape index (κ1) is 26.5. The summed E-state index contributed by atoms with van der Waals surface area (Å²) in [5.41, 5.74) is 2.18. The molecule has 3 fully saturated rings. The van der Waals surface area contributed by atoms with Crippen LogP contribution in [0.5, 0.6) is 0 Å². The van der Waals surface area contributed by atoms with Gasteiger partial charge in [0.25, 0.3) is 5.91 Å². The maximum absolute atomic E-state index is 13.2. The summed E-state index contributed by atoms with van der Waals surface area (Å²) < 4.78 is 5.51. The van der Waals surface area contributed by atoms with Crippen LogP contribution in [0.3, 0.4) is 0 Å².